The number of amides is 1. The van der Waals surface area contributed by atoms with Crippen LogP contribution in [0.2, 0.25) is 5.02 Å². The Bertz CT molecular complexity index is 1580. The van der Waals surface area contributed by atoms with Gasteiger partial charge in [-0.15, -0.1) is 0 Å². The number of phenols is 1. The molecule has 0 aliphatic heterocycles. The van der Waals surface area contributed by atoms with Gasteiger partial charge in [0.1, 0.15) is 22.8 Å². The van der Waals surface area contributed by atoms with Crippen LogP contribution in [0, 0.1) is 28.6 Å². The minimum atomic E-state index is -2.67. The molecule has 5 aliphatic carbocycles. The number of aromatic hydroxyl groups is 1. The van der Waals surface area contributed by atoms with Crippen molar-refractivity contribution >= 4 is 34.8 Å². The highest BCUT2D eigenvalue weighted by molar-refractivity contribution is 6.32. The van der Waals surface area contributed by atoms with Gasteiger partial charge in [-0.25, -0.2) is 0 Å². The molecule has 1 amide bonds. The molecule has 0 spiro atoms. The fraction of sp³-hybridized carbons (Fsp3) is 0.606. The highest BCUT2D eigenvalue weighted by atomic mass is 35.5. The molecule has 11 heteroatoms. The molecule has 10 nitrogen and oxygen atoms in total. The number of carbonyl (C=O) groups is 3. The second-order valence-corrected chi connectivity index (χ2v) is 15.1. The van der Waals surface area contributed by atoms with Crippen molar-refractivity contribution in [1.82, 2.24) is 9.80 Å². The molecule has 0 saturated heterocycles. The first kappa shape index (κ1) is 31.1. The zero-order valence-corrected chi connectivity index (χ0v) is 26.8. The minimum absolute atomic E-state index is 0.00529. The second kappa shape index (κ2) is 9.79. The number of Topliss-reactive ketones (excluding diaryl/α,β-unsaturated/α-hetero) is 2. The second-order valence-electron chi connectivity index (χ2n) is 14.7. The van der Waals surface area contributed by atoms with Crippen molar-refractivity contribution in [3.8, 4) is 5.75 Å². The summed E-state index contributed by atoms with van der Waals surface area (Å²) in [6, 6.07) is 0.727. The van der Waals surface area contributed by atoms with Crippen molar-refractivity contribution in [2.75, 3.05) is 21.1 Å². The predicted molar refractivity (Wildman–Crippen MR) is 164 cm³/mol. The molecule has 1 aromatic rings. The van der Waals surface area contributed by atoms with Gasteiger partial charge in [-0.1, -0.05) is 32.4 Å². The van der Waals surface area contributed by atoms with Gasteiger partial charge in [0, 0.05) is 29.1 Å². The van der Waals surface area contributed by atoms with E-state index in [1.54, 1.807) is 14.1 Å². The summed E-state index contributed by atoms with van der Waals surface area (Å²) in [5.74, 6) is -6.13. The number of likely N-dealkylation sites (N-methyl/N-ethyl adjacent to an activating group) is 1. The van der Waals surface area contributed by atoms with E-state index >= 15 is 0 Å². The zero-order chi connectivity index (χ0) is 32.4. The van der Waals surface area contributed by atoms with E-state index in [1.807, 2.05) is 0 Å². The quantitative estimate of drug-likeness (QED) is 0.308. The van der Waals surface area contributed by atoms with Crippen molar-refractivity contribution in [2.45, 2.75) is 77.1 Å². The van der Waals surface area contributed by atoms with Gasteiger partial charge in [-0.05, 0) is 93.1 Å². The third-order valence-corrected chi connectivity index (χ3v) is 12.9. The van der Waals surface area contributed by atoms with Crippen LogP contribution in [-0.4, -0.2) is 86.5 Å². The smallest absolute Gasteiger partial charge is 0.255 e. The van der Waals surface area contributed by atoms with Crippen LogP contribution in [0.25, 0.3) is 5.76 Å². The normalized spacial score (nSPS) is 35.8. The Kier molecular flexibility index (Phi) is 6.91. The summed E-state index contributed by atoms with van der Waals surface area (Å²) >= 11 is 7.03. The molecule has 0 heterocycles. The number of fused-ring (bicyclic) bond motifs is 5. The monoisotopic (exact) mass is 627 g/mol. The van der Waals surface area contributed by atoms with Gasteiger partial charge in [-0.2, -0.15) is 0 Å². The Morgan fingerprint density at radius 1 is 1.11 bits per heavy atom. The summed E-state index contributed by atoms with van der Waals surface area (Å²) in [5, 5.41) is 45.9. The lowest BCUT2D eigenvalue weighted by atomic mass is 9.57. The molecule has 1 aromatic carbocycles. The molecule has 3 fully saturated rings. The maximum atomic E-state index is 14.0. The van der Waals surface area contributed by atoms with E-state index in [0.717, 1.165) is 12.8 Å². The minimum Gasteiger partial charge on any atom is -0.508 e. The first-order chi connectivity index (χ1) is 20.4. The standard InChI is InChI=1S/C33H42ClN3O7/c1-31(2)16-7-8-32(31,3)20(12-16)37(6)13-15-11-19(38)22-17(24(15)34)9-14-10-18-25(36(4)5)27(40)23(30(35)43)29(42)33(18,44)28(41)21(14)26(22)39/h11,14,16,18,20,25,38-39,42,44H,7-10,12-13H2,1-6H3,(H2,35,43)/t14-,16?,18-,20-,25-,32?,33-/m0/s1. The van der Waals surface area contributed by atoms with Gasteiger partial charge in [0.25, 0.3) is 5.91 Å². The number of hydrogen-bond acceptors (Lipinski definition) is 9. The van der Waals surface area contributed by atoms with Gasteiger partial charge in [0.2, 0.25) is 5.78 Å². The van der Waals surface area contributed by atoms with Crippen molar-refractivity contribution < 1.29 is 34.8 Å². The van der Waals surface area contributed by atoms with E-state index in [4.69, 9.17) is 17.3 Å². The van der Waals surface area contributed by atoms with Crippen molar-refractivity contribution in [2.24, 2.45) is 34.3 Å². The summed E-state index contributed by atoms with van der Waals surface area (Å²) in [6.45, 7) is 7.58. The van der Waals surface area contributed by atoms with Crippen LogP contribution in [0.3, 0.4) is 0 Å². The predicted octanol–water partition coefficient (Wildman–Crippen LogP) is 3.26. The largest absolute Gasteiger partial charge is 0.508 e. The summed E-state index contributed by atoms with van der Waals surface area (Å²) in [4.78, 5) is 43.3. The number of primary amides is 1. The Labute approximate surface area is 262 Å². The maximum Gasteiger partial charge on any atom is 0.255 e. The van der Waals surface area contributed by atoms with E-state index in [2.05, 4.69) is 32.7 Å². The lowest BCUT2D eigenvalue weighted by molar-refractivity contribution is -0.153. The number of halogens is 1. The average Bonchev–Trinajstić information content (AvgIpc) is 3.27. The van der Waals surface area contributed by atoms with E-state index in [1.165, 1.54) is 17.4 Å². The number of hydrogen-bond donors (Lipinski definition) is 5. The van der Waals surface area contributed by atoms with Crippen LogP contribution in [0.5, 0.6) is 5.75 Å². The van der Waals surface area contributed by atoms with Crippen molar-refractivity contribution in [1.29, 1.82) is 0 Å². The molecule has 2 unspecified atom stereocenters. The lowest BCUT2D eigenvalue weighted by Crippen LogP contribution is -2.65. The zero-order valence-electron chi connectivity index (χ0n) is 26.1. The summed E-state index contributed by atoms with van der Waals surface area (Å²) in [7, 11) is 5.23. The van der Waals surface area contributed by atoms with Crippen LogP contribution in [0.4, 0.5) is 0 Å². The first-order valence-electron chi connectivity index (χ1n) is 15.3. The molecule has 2 bridgehead atoms. The summed E-state index contributed by atoms with van der Waals surface area (Å²) < 4.78 is 0. The number of aliphatic hydroxyl groups excluding tert-OH is 2. The molecular formula is C33H42ClN3O7. The summed E-state index contributed by atoms with van der Waals surface area (Å²) in [5.41, 5.74) is 3.27. The van der Waals surface area contributed by atoms with Crippen LogP contribution in [-0.2, 0) is 27.3 Å². The van der Waals surface area contributed by atoms with Crippen molar-refractivity contribution in [3.05, 3.63) is 44.7 Å². The number of rotatable bonds is 5. The average molecular weight is 628 g/mol. The third kappa shape index (κ3) is 3.80. The fourth-order valence-corrected chi connectivity index (χ4v) is 9.95. The molecule has 44 heavy (non-hydrogen) atoms. The van der Waals surface area contributed by atoms with Gasteiger partial charge in [-0.3, -0.25) is 24.2 Å². The highest BCUT2D eigenvalue weighted by Gasteiger charge is 2.65. The summed E-state index contributed by atoms with van der Waals surface area (Å²) in [6.07, 6.45) is 3.67. The third-order valence-electron chi connectivity index (χ3n) is 12.4. The molecular weight excluding hydrogens is 586 g/mol. The SMILES string of the molecule is CN(C)[C@@H]1C(=O)C(C(N)=O)=C(O)[C@@]2(O)C(=O)C3=C(O)c4c(O)cc(CN(C)[C@H]5CC6CCC5(C)C6(C)C)c(Cl)c4C[C@H]3C[C@@H]12. The number of aliphatic hydroxyl groups is 3. The van der Waals surface area contributed by atoms with Gasteiger partial charge in [0.15, 0.2) is 11.4 Å². The van der Waals surface area contributed by atoms with Gasteiger partial charge < -0.3 is 26.2 Å². The van der Waals surface area contributed by atoms with Gasteiger partial charge >= 0.3 is 0 Å². The molecule has 6 N–H and O–H groups in total. The Morgan fingerprint density at radius 3 is 2.32 bits per heavy atom. The molecule has 238 valence electrons. The molecule has 7 atom stereocenters. The molecule has 0 radical (unpaired) electrons. The topological polar surface area (TPSA) is 165 Å². The van der Waals surface area contributed by atoms with E-state index in [-0.39, 0.29) is 40.6 Å². The van der Waals surface area contributed by atoms with Crippen LogP contribution in [0.1, 0.15) is 63.1 Å². The number of benzene rings is 1. The molecule has 5 aliphatic rings. The number of nitrogens with two attached hydrogens (primary N) is 1. The number of carbonyl (C=O) groups excluding carboxylic acids is 3. The highest BCUT2D eigenvalue weighted by Crippen LogP contribution is 2.66. The Hall–Kier alpha value is -2.92. The molecule has 6 rings (SSSR count). The number of phenolic OH excluding ortho intramolecular Hbond substituents is 1. The Morgan fingerprint density at radius 2 is 1.77 bits per heavy atom. The number of ketones is 2. The first-order valence-corrected chi connectivity index (χ1v) is 15.7. The van der Waals surface area contributed by atoms with Crippen molar-refractivity contribution in [3.63, 3.8) is 0 Å². The van der Waals surface area contributed by atoms with Crippen LogP contribution < -0.4 is 5.73 Å². The molecule has 0 aromatic heterocycles. The number of nitrogens with zero attached hydrogens (tertiary/aromatic N) is 2. The lowest BCUT2D eigenvalue weighted by Gasteiger charge is -2.50. The van der Waals surface area contributed by atoms with E-state index in [9.17, 15) is 34.8 Å². The fourth-order valence-electron chi connectivity index (χ4n) is 9.67. The Balaban J connectivity index is 1.40. The van der Waals surface area contributed by atoms with Gasteiger partial charge in [0.05, 0.1) is 11.6 Å². The van der Waals surface area contributed by atoms with Crippen LogP contribution in [0.15, 0.2) is 23.0 Å². The molecule has 3 saturated carbocycles. The van der Waals surface area contributed by atoms with Crippen LogP contribution >= 0.6 is 11.6 Å². The maximum absolute atomic E-state index is 14.0. The van der Waals surface area contributed by atoms with E-state index < -0.39 is 58.0 Å². The van der Waals surface area contributed by atoms with E-state index in [0.29, 0.717) is 34.7 Å².